The van der Waals surface area contributed by atoms with Crippen LogP contribution in [0.1, 0.15) is 44.0 Å². The topological polar surface area (TPSA) is 60.9 Å². The third-order valence-electron chi connectivity index (χ3n) is 5.81. The smallest absolute Gasteiger partial charge is 0.253 e. The van der Waals surface area contributed by atoms with Gasteiger partial charge >= 0.3 is 0 Å². The molecule has 2 aliphatic rings. The molecule has 0 N–H and O–H groups in total. The molecule has 7 heteroatoms. The highest BCUT2D eigenvalue weighted by molar-refractivity contribution is 7.89. The summed E-state index contributed by atoms with van der Waals surface area (Å²) in [7, 11) is -3.47. The summed E-state index contributed by atoms with van der Waals surface area (Å²) in [6, 6.07) is 6.94. The molecule has 2 fully saturated rings. The van der Waals surface area contributed by atoms with Gasteiger partial charge in [-0.05, 0) is 56.9 Å². The molecule has 0 bridgehead atoms. The van der Waals surface area contributed by atoms with Gasteiger partial charge in [-0.3, -0.25) is 9.69 Å². The number of carbonyl (C=O) groups is 1. The molecule has 2 saturated heterocycles. The van der Waals surface area contributed by atoms with Crippen molar-refractivity contribution < 1.29 is 13.2 Å². The van der Waals surface area contributed by atoms with E-state index >= 15 is 0 Å². The average molecular weight is 394 g/mol. The van der Waals surface area contributed by atoms with Crippen molar-refractivity contribution in [3.8, 4) is 0 Å². The minimum atomic E-state index is -3.47. The molecule has 2 heterocycles. The van der Waals surface area contributed by atoms with Gasteiger partial charge in [0, 0.05) is 50.9 Å². The molecule has 1 aromatic carbocycles. The van der Waals surface area contributed by atoms with Gasteiger partial charge in [-0.15, -0.1) is 0 Å². The van der Waals surface area contributed by atoms with Crippen LogP contribution in [0.2, 0.25) is 0 Å². The van der Waals surface area contributed by atoms with Gasteiger partial charge in [0.25, 0.3) is 5.91 Å². The Morgan fingerprint density at radius 3 is 2.04 bits per heavy atom. The van der Waals surface area contributed by atoms with E-state index in [1.165, 1.54) is 0 Å². The molecule has 2 aliphatic heterocycles. The summed E-state index contributed by atoms with van der Waals surface area (Å²) in [6.07, 6.45) is 1.80. The molecule has 0 aliphatic carbocycles. The Hall–Kier alpha value is -1.44. The minimum absolute atomic E-state index is 0.0193. The first-order valence-corrected chi connectivity index (χ1v) is 11.4. The Balaban J connectivity index is 1.65. The van der Waals surface area contributed by atoms with E-state index in [2.05, 4.69) is 25.7 Å². The second-order valence-corrected chi connectivity index (χ2v) is 9.97. The standard InChI is InChI=1S/C20H31N3O3S/c1-16(2)21-12-14-22(15-13-21)20(24)18-4-6-19(7-5-18)27(25,26)23-10-8-17(3)9-11-23/h4-7,16-17H,8-15H2,1-3H3. The van der Waals surface area contributed by atoms with E-state index in [0.717, 1.165) is 25.9 Å². The lowest BCUT2D eigenvalue weighted by Gasteiger charge is -2.37. The van der Waals surface area contributed by atoms with Crippen LogP contribution in [-0.2, 0) is 10.0 Å². The van der Waals surface area contributed by atoms with Gasteiger partial charge in [-0.2, -0.15) is 4.31 Å². The van der Waals surface area contributed by atoms with Crippen molar-refractivity contribution in [3.63, 3.8) is 0 Å². The van der Waals surface area contributed by atoms with E-state index in [4.69, 9.17) is 0 Å². The summed E-state index contributed by atoms with van der Waals surface area (Å²) in [5, 5.41) is 0. The number of amides is 1. The highest BCUT2D eigenvalue weighted by Crippen LogP contribution is 2.24. The highest BCUT2D eigenvalue weighted by Gasteiger charge is 2.28. The Morgan fingerprint density at radius 1 is 0.963 bits per heavy atom. The second kappa shape index (κ2) is 8.29. The fourth-order valence-corrected chi connectivity index (χ4v) is 5.24. The number of sulfonamides is 1. The van der Waals surface area contributed by atoms with Crippen LogP contribution in [0.5, 0.6) is 0 Å². The van der Waals surface area contributed by atoms with Gasteiger partial charge < -0.3 is 4.90 Å². The van der Waals surface area contributed by atoms with Crippen LogP contribution >= 0.6 is 0 Å². The number of piperidine rings is 1. The third-order valence-corrected chi connectivity index (χ3v) is 7.73. The number of hydrogen-bond donors (Lipinski definition) is 0. The molecule has 1 amide bonds. The van der Waals surface area contributed by atoms with Crippen LogP contribution in [-0.4, -0.2) is 73.7 Å². The van der Waals surface area contributed by atoms with Crippen LogP contribution in [0.25, 0.3) is 0 Å². The Kier molecular flexibility index (Phi) is 6.23. The Bertz CT molecular complexity index is 745. The molecule has 150 valence electrons. The number of hydrogen-bond acceptors (Lipinski definition) is 4. The number of rotatable bonds is 4. The van der Waals surface area contributed by atoms with Crippen LogP contribution in [0.15, 0.2) is 29.2 Å². The van der Waals surface area contributed by atoms with Gasteiger partial charge in [-0.25, -0.2) is 8.42 Å². The maximum Gasteiger partial charge on any atom is 0.253 e. The van der Waals surface area contributed by atoms with Gasteiger partial charge in [0.1, 0.15) is 0 Å². The molecule has 0 saturated carbocycles. The van der Waals surface area contributed by atoms with E-state index in [9.17, 15) is 13.2 Å². The lowest BCUT2D eigenvalue weighted by molar-refractivity contribution is 0.0595. The summed E-state index contributed by atoms with van der Waals surface area (Å²) in [5.74, 6) is 0.557. The van der Waals surface area contributed by atoms with E-state index in [-0.39, 0.29) is 10.8 Å². The van der Waals surface area contributed by atoms with Crippen LogP contribution in [0.4, 0.5) is 0 Å². The third kappa shape index (κ3) is 4.52. The summed E-state index contributed by atoms with van der Waals surface area (Å²) >= 11 is 0. The quantitative estimate of drug-likeness (QED) is 0.787. The molecule has 0 radical (unpaired) electrons. The maximum atomic E-state index is 12.8. The van der Waals surface area contributed by atoms with Crippen LogP contribution in [0, 0.1) is 5.92 Å². The van der Waals surface area contributed by atoms with E-state index in [1.54, 1.807) is 28.6 Å². The predicted octanol–water partition coefficient (Wildman–Crippen LogP) is 2.27. The summed E-state index contributed by atoms with van der Waals surface area (Å²) < 4.78 is 27.2. The first-order chi connectivity index (χ1) is 12.8. The highest BCUT2D eigenvalue weighted by atomic mass is 32.2. The first-order valence-electron chi connectivity index (χ1n) is 9.92. The van der Waals surface area contributed by atoms with Gasteiger partial charge in [-0.1, -0.05) is 6.92 Å². The average Bonchev–Trinajstić information content (AvgIpc) is 2.68. The molecule has 0 atom stereocenters. The van der Waals surface area contributed by atoms with Crippen molar-refractivity contribution >= 4 is 15.9 Å². The van der Waals surface area contributed by atoms with E-state index in [0.29, 0.717) is 43.7 Å². The zero-order chi connectivity index (χ0) is 19.6. The monoisotopic (exact) mass is 393 g/mol. The molecule has 0 spiro atoms. The number of piperazine rings is 1. The number of benzene rings is 1. The molecule has 3 rings (SSSR count). The van der Waals surface area contributed by atoms with Crippen molar-refractivity contribution in [2.75, 3.05) is 39.3 Å². The van der Waals surface area contributed by atoms with E-state index < -0.39 is 10.0 Å². The molecule has 6 nitrogen and oxygen atoms in total. The largest absolute Gasteiger partial charge is 0.336 e. The zero-order valence-corrected chi connectivity index (χ0v) is 17.4. The molecule has 0 unspecified atom stereocenters. The maximum absolute atomic E-state index is 12.8. The summed E-state index contributed by atoms with van der Waals surface area (Å²) in [4.78, 5) is 17.2. The molecule has 1 aromatic rings. The van der Waals surface area contributed by atoms with Gasteiger partial charge in [0.15, 0.2) is 0 Å². The van der Waals surface area contributed by atoms with Crippen molar-refractivity contribution in [1.29, 1.82) is 0 Å². The SMILES string of the molecule is CC1CCN(S(=O)(=O)c2ccc(C(=O)N3CCN(C(C)C)CC3)cc2)CC1. The van der Waals surface area contributed by atoms with Crippen LogP contribution < -0.4 is 0 Å². The fourth-order valence-electron chi connectivity index (χ4n) is 3.77. The minimum Gasteiger partial charge on any atom is -0.336 e. The lowest BCUT2D eigenvalue weighted by atomic mass is 10.0. The van der Waals surface area contributed by atoms with E-state index in [1.807, 2.05) is 4.90 Å². The molecule has 27 heavy (non-hydrogen) atoms. The summed E-state index contributed by atoms with van der Waals surface area (Å²) in [6.45, 7) is 10.8. The first kappa shape index (κ1) is 20.3. The fraction of sp³-hybridized carbons (Fsp3) is 0.650. The lowest BCUT2D eigenvalue weighted by Crippen LogP contribution is -2.50. The molecular formula is C20H31N3O3S. The number of nitrogens with zero attached hydrogens (tertiary/aromatic N) is 3. The van der Waals surface area contributed by atoms with Crippen molar-refractivity contribution in [3.05, 3.63) is 29.8 Å². The Labute approximate surface area is 163 Å². The van der Waals surface area contributed by atoms with Gasteiger partial charge in [0.05, 0.1) is 4.90 Å². The Morgan fingerprint density at radius 2 is 1.52 bits per heavy atom. The zero-order valence-electron chi connectivity index (χ0n) is 16.6. The molecular weight excluding hydrogens is 362 g/mol. The number of carbonyl (C=O) groups excluding carboxylic acids is 1. The van der Waals surface area contributed by atoms with Crippen molar-refractivity contribution in [2.24, 2.45) is 5.92 Å². The summed E-state index contributed by atoms with van der Waals surface area (Å²) in [5.41, 5.74) is 0.555. The van der Waals surface area contributed by atoms with Crippen molar-refractivity contribution in [1.82, 2.24) is 14.1 Å². The normalized spacial score (nSPS) is 21.0. The predicted molar refractivity (Wildman–Crippen MR) is 106 cm³/mol. The van der Waals surface area contributed by atoms with Gasteiger partial charge in [0.2, 0.25) is 10.0 Å². The van der Waals surface area contributed by atoms with Crippen LogP contribution in [0.3, 0.4) is 0 Å². The second-order valence-electron chi connectivity index (χ2n) is 8.03. The molecule has 0 aromatic heterocycles. The van der Waals surface area contributed by atoms with Crippen molar-refractivity contribution in [2.45, 2.75) is 44.6 Å².